The van der Waals surface area contributed by atoms with E-state index in [1.807, 2.05) is 6.08 Å². The highest BCUT2D eigenvalue weighted by atomic mass is 35.5. The van der Waals surface area contributed by atoms with E-state index in [2.05, 4.69) is 10.7 Å². The first-order chi connectivity index (χ1) is 22.1. The van der Waals surface area contributed by atoms with E-state index in [9.17, 15) is 19.5 Å². The number of allylic oxidation sites excluding steroid dienone is 2. The number of benzene rings is 3. The number of aromatic hydroxyl groups is 1. The number of amides is 4. The lowest BCUT2D eigenvalue weighted by Gasteiger charge is -2.50. The van der Waals surface area contributed by atoms with Crippen molar-refractivity contribution in [2.45, 2.75) is 24.2 Å². The molecule has 4 aliphatic rings. The number of phenolic OH excluding ortho intramolecular Hbond substituents is 1. The van der Waals surface area contributed by atoms with Gasteiger partial charge in [0.2, 0.25) is 11.8 Å². The number of para-hydroxylation sites is 1. The maximum atomic E-state index is 15.1. The molecule has 0 spiro atoms. The molecule has 3 aromatic carbocycles. The minimum Gasteiger partial charge on any atom is -0.504 e. The Morgan fingerprint density at radius 3 is 2.41 bits per heavy atom. The third-order valence-corrected chi connectivity index (χ3v) is 10.5. The standard InChI is InChI=1S/C34H29Cl2N3O7/c1-45-18-9-6-16(7-10-18)34-23(32(43)39(33(34)44)38-25-13-8-17(35)14-24(25)36)15-22-19(11-12-20-27(22)31(42)37-30(20)41)28(34)21-4-3-5-26(46-2)29(21)40/h3-11,13-14,20,22-23,27-28,38,40H,12,15H2,1-2H3,(H,37,41,42)/t20-,22+,23-,27-,28+,34+/m0/s1. The number of hydrogen-bond acceptors (Lipinski definition) is 8. The summed E-state index contributed by atoms with van der Waals surface area (Å²) in [5, 5.41) is 15.6. The van der Waals surface area contributed by atoms with Crippen molar-refractivity contribution in [2.75, 3.05) is 19.6 Å². The van der Waals surface area contributed by atoms with Crippen molar-refractivity contribution < 1.29 is 33.8 Å². The number of imide groups is 2. The van der Waals surface area contributed by atoms with Gasteiger partial charge in [-0.2, -0.15) is 5.01 Å². The van der Waals surface area contributed by atoms with E-state index in [1.165, 1.54) is 20.3 Å². The van der Waals surface area contributed by atoms with E-state index in [-0.39, 0.29) is 41.0 Å². The molecule has 4 amide bonds. The van der Waals surface area contributed by atoms with E-state index in [1.54, 1.807) is 54.6 Å². The minimum atomic E-state index is -1.59. The lowest BCUT2D eigenvalue weighted by molar-refractivity contribution is -0.138. The zero-order chi connectivity index (χ0) is 32.5. The van der Waals surface area contributed by atoms with E-state index < -0.39 is 52.7 Å². The fourth-order valence-electron chi connectivity index (χ4n) is 8.04. The Morgan fingerprint density at radius 2 is 1.72 bits per heavy atom. The maximum absolute atomic E-state index is 15.1. The Bertz CT molecular complexity index is 1840. The van der Waals surface area contributed by atoms with Gasteiger partial charge in [0.25, 0.3) is 11.8 Å². The van der Waals surface area contributed by atoms with Gasteiger partial charge in [-0.3, -0.25) is 29.9 Å². The van der Waals surface area contributed by atoms with Crippen molar-refractivity contribution in [2.24, 2.45) is 23.7 Å². The van der Waals surface area contributed by atoms with Crippen molar-refractivity contribution in [1.29, 1.82) is 0 Å². The van der Waals surface area contributed by atoms with E-state index >= 15 is 4.79 Å². The van der Waals surface area contributed by atoms with Crippen LogP contribution in [0.1, 0.15) is 29.9 Å². The molecular formula is C34H29Cl2N3O7. The molecule has 7 rings (SSSR count). The molecule has 3 N–H and O–H groups in total. The summed E-state index contributed by atoms with van der Waals surface area (Å²) >= 11 is 12.6. The van der Waals surface area contributed by atoms with Gasteiger partial charge in [-0.25, -0.2) is 0 Å². The molecule has 3 fully saturated rings. The van der Waals surface area contributed by atoms with E-state index in [4.69, 9.17) is 32.7 Å². The van der Waals surface area contributed by atoms with Crippen LogP contribution in [0.4, 0.5) is 5.69 Å². The fourth-order valence-corrected chi connectivity index (χ4v) is 8.49. The van der Waals surface area contributed by atoms with Crippen LogP contribution < -0.4 is 20.2 Å². The number of halogens is 2. The number of fused-ring (bicyclic) bond motifs is 4. The van der Waals surface area contributed by atoms with Crippen molar-refractivity contribution in [1.82, 2.24) is 10.3 Å². The number of phenols is 1. The number of nitrogens with one attached hydrogen (secondary N) is 2. The van der Waals surface area contributed by atoms with Gasteiger partial charge in [-0.1, -0.05) is 59.1 Å². The molecule has 46 heavy (non-hydrogen) atoms. The first-order valence-corrected chi connectivity index (χ1v) is 15.5. The predicted octanol–water partition coefficient (Wildman–Crippen LogP) is 4.99. The zero-order valence-corrected chi connectivity index (χ0v) is 26.3. The third-order valence-electron chi connectivity index (χ3n) is 9.98. The van der Waals surface area contributed by atoms with Gasteiger partial charge < -0.3 is 14.6 Å². The normalized spacial score (nSPS) is 28.2. The molecule has 12 heteroatoms. The Morgan fingerprint density at radius 1 is 0.957 bits per heavy atom. The smallest absolute Gasteiger partial charge is 0.260 e. The highest BCUT2D eigenvalue weighted by Crippen LogP contribution is 2.65. The quantitative estimate of drug-likeness (QED) is 0.249. The van der Waals surface area contributed by atoms with Crippen LogP contribution in [0.2, 0.25) is 10.0 Å². The molecule has 0 aromatic heterocycles. The van der Waals surface area contributed by atoms with Crippen LogP contribution in [0, 0.1) is 23.7 Å². The lowest BCUT2D eigenvalue weighted by Crippen LogP contribution is -2.53. The summed E-state index contributed by atoms with van der Waals surface area (Å²) < 4.78 is 10.9. The summed E-state index contributed by atoms with van der Waals surface area (Å²) in [6.07, 6.45) is 2.28. The largest absolute Gasteiger partial charge is 0.504 e. The van der Waals surface area contributed by atoms with Gasteiger partial charge in [0.1, 0.15) is 5.75 Å². The fraction of sp³-hybridized carbons (Fsp3) is 0.294. The SMILES string of the molecule is COc1ccc([C@@]23C(=O)N(Nc4ccc(Cl)cc4Cl)C(=O)[C@@H]2C[C@@H]2C(=CC[C@@H]4C(=O)NC(=O)[C@@H]42)[C@@H]3c2cccc(OC)c2O)cc1. The van der Waals surface area contributed by atoms with Crippen LogP contribution in [0.25, 0.3) is 0 Å². The van der Waals surface area contributed by atoms with Gasteiger partial charge in [0, 0.05) is 16.5 Å². The second-order valence-electron chi connectivity index (χ2n) is 12.0. The second-order valence-corrected chi connectivity index (χ2v) is 12.8. The molecule has 0 radical (unpaired) electrons. The number of carbonyl (C=O) groups excluding carboxylic acids is 4. The molecule has 236 valence electrons. The molecule has 3 aromatic rings. The number of carbonyl (C=O) groups is 4. The van der Waals surface area contributed by atoms with Gasteiger partial charge in [-0.05, 0) is 60.7 Å². The van der Waals surface area contributed by atoms with Crippen molar-refractivity contribution >= 4 is 52.5 Å². The van der Waals surface area contributed by atoms with Crippen LogP contribution in [-0.2, 0) is 24.6 Å². The Hall–Kier alpha value is -4.54. The number of nitrogens with zero attached hydrogens (tertiary/aromatic N) is 1. The van der Waals surface area contributed by atoms with E-state index in [0.29, 0.717) is 27.5 Å². The summed E-state index contributed by atoms with van der Waals surface area (Å²) in [7, 11) is 2.95. The summed E-state index contributed by atoms with van der Waals surface area (Å²) in [5.41, 5.74) is 3.21. The van der Waals surface area contributed by atoms with Crippen LogP contribution in [-0.4, -0.2) is 48.0 Å². The van der Waals surface area contributed by atoms with E-state index in [0.717, 1.165) is 5.01 Å². The molecule has 10 nitrogen and oxygen atoms in total. The highest BCUT2D eigenvalue weighted by molar-refractivity contribution is 6.36. The monoisotopic (exact) mass is 661 g/mol. The molecule has 2 aliphatic carbocycles. The van der Waals surface area contributed by atoms with Crippen LogP contribution in [0.5, 0.6) is 17.2 Å². The number of anilines is 1. The maximum Gasteiger partial charge on any atom is 0.260 e. The third kappa shape index (κ3) is 4.23. The Kier molecular flexibility index (Phi) is 7.25. The van der Waals surface area contributed by atoms with Crippen molar-refractivity contribution in [3.63, 3.8) is 0 Å². The molecule has 0 bridgehead atoms. The predicted molar refractivity (Wildman–Crippen MR) is 168 cm³/mol. The molecule has 2 aliphatic heterocycles. The Labute approximate surface area is 274 Å². The first kappa shape index (κ1) is 30.1. The van der Waals surface area contributed by atoms with Crippen LogP contribution in [0.15, 0.2) is 72.3 Å². The lowest BCUT2D eigenvalue weighted by atomic mass is 9.49. The number of hydrogen-bond donors (Lipinski definition) is 3. The van der Waals surface area contributed by atoms with Crippen molar-refractivity contribution in [3.8, 4) is 17.2 Å². The molecular weight excluding hydrogens is 633 g/mol. The molecule has 2 saturated heterocycles. The second kappa shape index (κ2) is 11.1. The number of rotatable bonds is 6. The Balaban J connectivity index is 1.50. The minimum absolute atomic E-state index is 0.109. The number of ether oxygens (including phenoxy) is 2. The van der Waals surface area contributed by atoms with Gasteiger partial charge >= 0.3 is 0 Å². The van der Waals surface area contributed by atoms with Crippen LogP contribution in [0.3, 0.4) is 0 Å². The highest BCUT2D eigenvalue weighted by Gasteiger charge is 2.70. The zero-order valence-electron chi connectivity index (χ0n) is 24.8. The summed E-state index contributed by atoms with van der Waals surface area (Å²) in [4.78, 5) is 55.8. The summed E-state index contributed by atoms with van der Waals surface area (Å²) in [6, 6.07) is 16.6. The number of hydrazine groups is 1. The van der Waals surface area contributed by atoms with Crippen molar-refractivity contribution in [3.05, 3.63) is 93.5 Å². The summed E-state index contributed by atoms with van der Waals surface area (Å²) in [5.74, 6) is -5.14. The molecule has 2 heterocycles. The van der Waals surface area contributed by atoms with Crippen LogP contribution >= 0.6 is 23.2 Å². The average Bonchev–Trinajstić information content (AvgIpc) is 3.46. The van der Waals surface area contributed by atoms with Gasteiger partial charge in [-0.15, -0.1) is 0 Å². The van der Waals surface area contributed by atoms with Gasteiger partial charge in [0.15, 0.2) is 11.5 Å². The first-order valence-electron chi connectivity index (χ1n) is 14.8. The molecule has 0 unspecified atom stereocenters. The topological polar surface area (TPSA) is 134 Å². The molecule has 6 atom stereocenters. The number of methoxy groups -OCH3 is 2. The van der Waals surface area contributed by atoms with Gasteiger partial charge in [0.05, 0.1) is 48.1 Å². The summed E-state index contributed by atoms with van der Waals surface area (Å²) in [6.45, 7) is 0. The average molecular weight is 663 g/mol. The molecule has 1 saturated carbocycles.